The molecule has 0 amide bonds. The van der Waals surface area contributed by atoms with Crippen LogP contribution in [0, 0.1) is 5.41 Å². The second kappa shape index (κ2) is 11.1. The average molecular weight is 465 g/mol. The molecule has 2 unspecified atom stereocenters. The van der Waals surface area contributed by atoms with Crippen molar-refractivity contribution in [2.24, 2.45) is 0 Å². The summed E-state index contributed by atoms with van der Waals surface area (Å²) in [5, 5.41) is 18.3. The van der Waals surface area contributed by atoms with Gasteiger partial charge >= 0.3 is 0 Å². The highest BCUT2D eigenvalue weighted by Gasteiger charge is 2.22. The third-order valence-electron chi connectivity index (χ3n) is 6.70. The van der Waals surface area contributed by atoms with Gasteiger partial charge in [0, 0.05) is 37.6 Å². The molecule has 4 rings (SSSR count). The van der Waals surface area contributed by atoms with E-state index in [0.29, 0.717) is 5.71 Å². The van der Waals surface area contributed by atoms with Crippen LogP contribution in [0.3, 0.4) is 0 Å². The summed E-state index contributed by atoms with van der Waals surface area (Å²) < 4.78 is 13.2. The van der Waals surface area contributed by atoms with E-state index in [1.165, 1.54) is 11.3 Å². The summed E-state index contributed by atoms with van der Waals surface area (Å²) in [4.78, 5) is 7.35. The summed E-state index contributed by atoms with van der Waals surface area (Å²) in [6.45, 7) is 8.86. The molecule has 0 saturated carbocycles. The maximum Gasteiger partial charge on any atom is 0.118 e. The molecule has 2 atom stereocenters. The summed E-state index contributed by atoms with van der Waals surface area (Å²) in [7, 11) is 1.69. The molecule has 182 valence electrons. The number of methoxy groups -OCH3 is 1. The first-order valence-corrected chi connectivity index (χ1v) is 12.1. The van der Waals surface area contributed by atoms with Crippen LogP contribution in [-0.4, -0.2) is 71.3 Å². The molecule has 0 spiro atoms. The summed E-state index contributed by atoms with van der Waals surface area (Å²) in [5.41, 5.74) is 5.73. The molecule has 1 aliphatic rings. The second-order valence-corrected chi connectivity index (χ2v) is 9.13. The average Bonchev–Trinajstić information content (AvgIpc) is 3.18. The lowest BCUT2D eigenvalue weighted by molar-refractivity contribution is 0.0364. The van der Waals surface area contributed by atoms with E-state index in [1.54, 1.807) is 21.0 Å². The van der Waals surface area contributed by atoms with Crippen molar-refractivity contribution in [3.63, 3.8) is 0 Å². The van der Waals surface area contributed by atoms with Crippen LogP contribution in [0.4, 0.5) is 0 Å². The zero-order chi connectivity index (χ0) is 24.1. The van der Waals surface area contributed by atoms with Crippen molar-refractivity contribution < 1.29 is 14.6 Å². The van der Waals surface area contributed by atoms with E-state index >= 15 is 0 Å². The molecule has 2 N–H and O–H groups in total. The molecule has 0 bridgehead atoms. The normalized spacial score (nSPS) is 16.5. The quantitative estimate of drug-likeness (QED) is 0.448. The fourth-order valence-corrected chi connectivity index (χ4v) is 4.81. The van der Waals surface area contributed by atoms with E-state index in [-0.39, 0.29) is 5.92 Å². The van der Waals surface area contributed by atoms with E-state index < -0.39 is 6.10 Å². The Balaban J connectivity index is 1.61. The van der Waals surface area contributed by atoms with E-state index in [9.17, 15) is 5.11 Å². The molecule has 0 radical (unpaired) electrons. The summed E-state index contributed by atoms with van der Waals surface area (Å²) >= 11 is 0. The number of hydrogen-bond donors (Lipinski definition) is 2. The first-order valence-electron chi connectivity index (χ1n) is 12.1. The topological polar surface area (TPSA) is 83.6 Å². The molecule has 0 aliphatic carbocycles. The van der Waals surface area contributed by atoms with Gasteiger partial charge in [0.25, 0.3) is 0 Å². The van der Waals surface area contributed by atoms with Crippen molar-refractivity contribution in [1.29, 1.82) is 5.41 Å². The molecule has 7 heteroatoms. The van der Waals surface area contributed by atoms with E-state index in [0.717, 1.165) is 74.7 Å². The fourth-order valence-electron chi connectivity index (χ4n) is 4.81. The highest BCUT2D eigenvalue weighted by molar-refractivity contribution is 5.87. The zero-order valence-electron chi connectivity index (χ0n) is 20.5. The van der Waals surface area contributed by atoms with Crippen LogP contribution in [-0.2, 0) is 24.1 Å². The van der Waals surface area contributed by atoms with Crippen molar-refractivity contribution in [2.75, 3.05) is 40.0 Å². The smallest absolute Gasteiger partial charge is 0.118 e. The summed E-state index contributed by atoms with van der Waals surface area (Å²) in [5.74, 6) is 0.484. The lowest BCUT2D eigenvalue weighted by Crippen LogP contribution is -2.38. The largest absolute Gasteiger partial charge is 0.497 e. The van der Waals surface area contributed by atoms with Gasteiger partial charge in [0.15, 0.2) is 0 Å². The number of hydrogen-bond acceptors (Lipinski definition) is 6. The monoisotopic (exact) mass is 464 g/mol. The van der Waals surface area contributed by atoms with Gasteiger partial charge in [-0.1, -0.05) is 12.1 Å². The first kappa shape index (κ1) is 24.4. The Morgan fingerprint density at radius 3 is 2.50 bits per heavy atom. The molecule has 1 saturated heterocycles. The lowest BCUT2D eigenvalue weighted by atomic mass is 9.94. The zero-order valence-corrected chi connectivity index (χ0v) is 20.5. The Hall–Kier alpha value is -2.74. The number of nitrogens with one attached hydrogen (secondary N) is 1. The maximum absolute atomic E-state index is 10.2. The number of fused-ring (bicyclic) bond motifs is 1. The fraction of sp³-hybridized carbons (Fsp3) is 0.481. The Bertz CT molecular complexity index is 1100. The number of aliphatic hydroxyl groups is 1. The van der Waals surface area contributed by atoms with Gasteiger partial charge in [0.1, 0.15) is 5.75 Å². The van der Waals surface area contributed by atoms with Gasteiger partial charge in [-0.2, -0.15) is 0 Å². The molecule has 3 aromatic rings. The molecule has 34 heavy (non-hydrogen) atoms. The van der Waals surface area contributed by atoms with Gasteiger partial charge in [-0.05, 0) is 62.6 Å². The van der Waals surface area contributed by atoms with Crippen molar-refractivity contribution in [1.82, 2.24) is 14.5 Å². The molecule has 7 nitrogen and oxygen atoms in total. The van der Waals surface area contributed by atoms with E-state index in [1.807, 2.05) is 18.2 Å². The molecule has 1 aromatic carbocycles. The lowest BCUT2D eigenvalue weighted by Gasteiger charge is -2.27. The SMILES string of the molecule is COc1ccc(CCc2cc3nc(C(C(C)=N)C(C)O)ccc3n2CCN2CCOCC2)cc1. The van der Waals surface area contributed by atoms with Crippen molar-refractivity contribution >= 4 is 16.7 Å². The number of aliphatic hydroxyl groups excluding tert-OH is 1. The molecule has 2 aromatic heterocycles. The first-order chi connectivity index (χ1) is 16.5. The number of aryl methyl sites for hydroxylation is 2. The number of rotatable bonds is 10. The van der Waals surface area contributed by atoms with Crippen LogP contribution >= 0.6 is 0 Å². The van der Waals surface area contributed by atoms with Crippen LogP contribution in [0.5, 0.6) is 5.75 Å². The molecule has 1 fully saturated rings. The van der Waals surface area contributed by atoms with Gasteiger partial charge in [0.05, 0.1) is 49.1 Å². The van der Waals surface area contributed by atoms with Crippen LogP contribution in [0.15, 0.2) is 42.5 Å². The standard InChI is InChI=1S/C27H36N4O3/c1-19(28)27(20(2)32)24-10-11-26-25(29-24)18-22(7-4-21-5-8-23(33-3)9-6-21)31(26)13-12-30-14-16-34-17-15-30/h5-6,8-11,18,20,27-28,32H,4,7,12-17H2,1-3H3. The minimum Gasteiger partial charge on any atom is -0.497 e. The number of aromatic nitrogens is 2. The third kappa shape index (κ3) is 5.66. The van der Waals surface area contributed by atoms with Gasteiger partial charge in [0.2, 0.25) is 0 Å². The summed E-state index contributed by atoms with van der Waals surface area (Å²) in [6, 6.07) is 14.5. The number of nitrogens with zero attached hydrogens (tertiary/aromatic N) is 3. The van der Waals surface area contributed by atoms with Crippen LogP contribution in [0.1, 0.15) is 36.7 Å². The molecule has 3 heterocycles. The predicted molar refractivity (Wildman–Crippen MR) is 135 cm³/mol. The van der Waals surface area contributed by atoms with Gasteiger partial charge in [-0.15, -0.1) is 0 Å². The van der Waals surface area contributed by atoms with Gasteiger partial charge in [-0.3, -0.25) is 9.88 Å². The van der Waals surface area contributed by atoms with Gasteiger partial charge < -0.3 is 24.6 Å². The Labute approximate surface area is 201 Å². The van der Waals surface area contributed by atoms with Crippen LogP contribution < -0.4 is 4.74 Å². The van der Waals surface area contributed by atoms with Crippen molar-refractivity contribution in [3.8, 4) is 5.75 Å². The van der Waals surface area contributed by atoms with Gasteiger partial charge in [-0.25, -0.2) is 0 Å². The maximum atomic E-state index is 10.2. The molecular weight excluding hydrogens is 428 g/mol. The number of ether oxygens (including phenoxy) is 2. The molecular formula is C27H36N4O3. The Morgan fingerprint density at radius 2 is 1.85 bits per heavy atom. The Morgan fingerprint density at radius 1 is 1.12 bits per heavy atom. The van der Waals surface area contributed by atoms with E-state index in [4.69, 9.17) is 19.9 Å². The minimum absolute atomic E-state index is 0.385. The Kier molecular flexibility index (Phi) is 7.98. The predicted octanol–water partition coefficient (Wildman–Crippen LogP) is 3.67. The second-order valence-electron chi connectivity index (χ2n) is 9.13. The highest BCUT2D eigenvalue weighted by Crippen LogP contribution is 2.26. The highest BCUT2D eigenvalue weighted by atomic mass is 16.5. The van der Waals surface area contributed by atoms with Crippen molar-refractivity contribution in [3.05, 3.63) is 59.4 Å². The molecule has 1 aliphatic heterocycles. The number of benzene rings is 1. The summed E-state index contributed by atoms with van der Waals surface area (Å²) in [6.07, 6.45) is 1.19. The van der Waals surface area contributed by atoms with Crippen molar-refractivity contribution in [2.45, 2.75) is 45.3 Å². The van der Waals surface area contributed by atoms with Crippen LogP contribution in [0.25, 0.3) is 11.0 Å². The van der Waals surface area contributed by atoms with Crippen LogP contribution in [0.2, 0.25) is 0 Å². The third-order valence-corrected chi connectivity index (χ3v) is 6.70. The number of morpholine rings is 1. The number of pyridine rings is 1. The minimum atomic E-state index is -0.652. The van der Waals surface area contributed by atoms with E-state index in [2.05, 4.69) is 33.7 Å².